The van der Waals surface area contributed by atoms with Crippen LogP contribution in [0.15, 0.2) is 42.6 Å². The van der Waals surface area contributed by atoms with E-state index in [0.717, 1.165) is 17.3 Å². The van der Waals surface area contributed by atoms with Gasteiger partial charge in [-0.25, -0.2) is 9.78 Å². The van der Waals surface area contributed by atoms with Crippen LogP contribution in [0.4, 0.5) is 4.79 Å². The molecule has 189 valence electrons. The SMILES string of the molecule is COC(=O)N1CCC(Oc2ccc(C(=O)CC[C@@H](O)[C@@H]3Cc4ccccc4CN3[B]C=O)cn2)CC1. The minimum atomic E-state index is -0.759. The first-order chi connectivity index (χ1) is 17.5. The summed E-state index contributed by atoms with van der Waals surface area (Å²) in [5, 5.41) is 10.9. The first-order valence-electron chi connectivity index (χ1n) is 12.3. The average Bonchev–Trinajstić information content (AvgIpc) is 2.91. The minimum absolute atomic E-state index is 0.0538. The van der Waals surface area contributed by atoms with E-state index in [1.54, 1.807) is 17.0 Å². The molecule has 0 saturated carbocycles. The van der Waals surface area contributed by atoms with Crippen LogP contribution in [0.3, 0.4) is 0 Å². The van der Waals surface area contributed by atoms with Crippen molar-refractivity contribution in [3.05, 3.63) is 59.3 Å². The van der Waals surface area contributed by atoms with Gasteiger partial charge in [0, 0.05) is 62.8 Å². The maximum atomic E-state index is 12.7. The molecule has 0 bridgehead atoms. The molecule has 2 aromatic rings. The predicted octanol–water partition coefficient (Wildman–Crippen LogP) is 2.25. The molecule has 10 heteroatoms. The van der Waals surface area contributed by atoms with Gasteiger partial charge in [-0.05, 0) is 30.0 Å². The highest BCUT2D eigenvalue weighted by Gasteiger charge is 2.31. The average molecular weight is 492 g/mol. The molecule has 2 aliphatic rings. The van der Waals surface area contributed by atoms with Crippen LogP contribution in [0.2, 0.25) is 0 Å². The number of nitrogens with zero attached hydrogens (tertiary/aromatic N) is 3. The third-order valence-electron chi connectivity index (χ3n) is 6.91. The van der Waals surface area contributed by atoms with E-state index in [1.165, 1.54) is 20.7 Å². The van der Waals surface area contributed by atoms with Gasteiger partial charge in [-0.15, -0.1) is 0 Å². The standard InChI is InChI=1S/C26H31BN3O6/c1-35-26(34)29-12-10-21(11-13-29)36-25-9-6-19(15-28-25)23(32)7-8-24(33)22-14-18-4-2-3-5-20(18)16-30(22)27-17-31/h2-6,9,15,17,21-22,24,33H,7-8,10-14,16H2,1H3/t22-,24+/m0/s1. The van der Waals surface area contributed by atoms with Crippen LogP contribution < -0.4 is 4.74 Å². The van der Waals surface area contributed by atoms with Crippen molar-refractivity contribution in [2.45, 2.75) is 56.9 Å². The second kappa shape index (κ2) is 12.1. The summed E-state index contributed by atoms with van der Waals surface area (Å²) in [7, 11) is 2.84. The van der Waals surface area contributed by atoms with Gasteiger partial charge in [0.05, 0.1) is 19.4 Å². The monoisotopic (exact) mass is 492 g/mol. The van der Waals surface area contributed by atoms with E-state index in [1.807, 2.05) is 29.1 Å². The topological polar surface area (TPSA) is 109 Å². The van der Waals surface area contributed by atoms with Gasteiger partial charge in [0.25, 0.3) is 7.41 Å². The second-order valence-corrected chi connectivity index (χ2v) is 9.19. The molecule has 1 amide bonds. The Labute approximate surface area is 211 Å². The molecule has 36 heavy (non-hydrogen) atoms. The van der Waals surface area contributed by atoms with Crippen LogP contribution in [0.25, 0.3) is 0 Å². The lowest BCUT2D eigenvalue weighted by molar-refractivity contribution is 0.0676. The number of amides is 1. The molecule has 3 heterocycles. The van der Waals surface area contributed by atoms with Crippen LogP contribution in [-0.4, -0.2) is 83.7 Å². The van der Waals surface area contributed by atoms with Crippen molar-refractivity contribution in [1.82, 2.24) is 14.7 Å². The molecular formula is C26H31BN3O6. The molecule has 0 spiro atoms. The fourth-order valence-electron chi connectivity index (χ4n) is 4.85. The lowest BCUT2D eigenvalue weighted by atomic mass is 9.81. The number of carbonyl (C=O) groups is 3. The Morgan fingerprint density at radius 3 is 2.61 bits per heavy atom. The number of likely N-dealkylation sites (tertiary alicyclic amines) is 1. The van der Waals surface area contributed by atoms with Crippen LogP contribution in [0.5, 0.6) is 5.88 Å². The molecule has 2 atom stereocenters. The van der Waals surface area contributed by atoms with Crippen molar-refractivity contribution in [3.8, 4) is 5.88 Å². The summed E-state index contributed by atoms with van der Waals surface area (Å²) in [6.07, 6.45) is 3.51. The first-order valence-corrected chi connectivity index (χ1v) is 12.3. The predicted molar refractivity (Wildman–Crippen MR) is 133 cm³/mol. The van der Waals surface area contributed by atoms with E-state index in [0.29, 0.717) is 50.3 Å². The number of benzene rings is 1. The number of piperidine rings is 1. The summed E-state index contributed by atoms with van der Waals surface area (Å²) in [6, 6.07) is 11.1. The highest BCUT2D eigenvalue weighted by molar-refractivity contribution is 6.64. The summed E-state index contributed by atoms with van der Waals surface area (Å²) in [5.41, 5.74) is 2.75. The summed E-state index contributed by atoms with van der Waals surface area (Å²) in [5.74, 6) is 0.325. The molecule has 1 radical (unpaired) electrons. The molecule has 1 N–H and O–H groups in total. The van der Waals surface area contributed by atoms with Crippen molar-refractivity contribution >= 4 is 25.5 Å². The Hall–Kier alpha value is -3.24. The normalized spacial score (nSPS) is 19.2. The summed E-state index contributed by atoms with van der Waals surface area (Å²) in [6.45, 7) is 1.67. The van der Waals surface area contributed by atoms with E-state index >= 15 is 0 Å². The van der Waals surface area contributed by atoms with Gasteiger partial charge in [0.2, 0.25) is 5.88 Å². The zero-order valence-corrected chi connectivity index (χ0v) is 20.4. The van der Waals surface area contributed by atoms with Crippen molar-refractivity contribution in [1.29, 1.82) is 0 Å². The van der Waals surface area contributed by atoms with Crippen LogP contribution >= 0.6 is 0 Å². The fourth-order valence-corrected chi connectivity index (χ4v) is 4.85. The van der Waals surface area contributed by atoms with Gasteiger partial charge in [-0.3, -0.25) is 4.79 Å². The number of hydrogen-bond donors (Lipinski definition) is 1. The quantitative estimate of drug-likeness (QED) is 0.323. The maximum absolute atomic E-state index is 12.7. The lowest BCUT2D eigenvalue weighted by Crippen LogP contribution is -2.49. The Bertz CT molecular complexity index is 1060. The van der Waals surface area contributed by atoms with Crippen LogP contribution in [0.1, 0.15) is 47.2 Å². The smallest absolute Gasteiger partial charge is 0.409 e. The highest BCUT2D eigenvalue weighted by Crippen LogP contribution is 2.26. The summed E-state index contributed by atoms with van der Waals surface area (Å²) in [4.78, 5) is 43.3. The molecule has 9 nitrogen and oxygen atoms in total. The van der Waals surface area contributed by atoms with E-state index < -0.39 is 6.10 Å². The Balaban J connectivity index is 1.27. The van der Waals surface area contributed by atoms with E-state index in [9.17, 15) is 19.5 Å². The highest BCUT2D eigenvalue weighted by atomic mass is 16.5. The number of aliphatic hydroxyl groups is 1. The molecule has 1 saturated heterocycles. The molecule has 4 rings (SSSR count). The Kier molecular flexibility index (Phi) is 8.72. The van der Waals surface area contributed by atoms with Crippen LogP contribution in [0, 0.1) is 0 Å². The van der Waals surface area contributed by atoms with Gasteiger partial charge in [-0.2, -0.15) is 0 Å². The van der Waals surface area contributed by atoms with Gasteiger partial charge in [0.1, 0.15) is 6.10 Å². The number of ether oxygens (including phenoxy) is 2. The lowest BCUT2D eigenvalue weighted by Gasteiger charge is -2.38. The number of Topliss-reactive ketones (excluding diaryl/α,β-unsaturated/α-hetero) is 1. The van der Waals surface area contributed by atoms with E-state index in [4.69, 9.17) is 9.47 Å². The van der Waals surface area contributed by atoms with Crippen molar-refractivity contribution in [2.24, 2.45) is 0 Å². The summed E-state index contributed by atoms with van der Waals surface area (Å²) < 4.78 is 10.7. The minimum Gasteiger partial charge on any atom is -0.474 e. The molecule has 0 aliphatic carbocycles. The third-order valence-corrected chi connectivity index (χ3v) is 6.91. The van der Waals surface area contributed by atoms with E-state index in [-0.39, 0.29) is 36.9 Å². The third kappa shape index (κ3) is 6.30. The molecule has 2 aliphatic heterocycles. The number of aliphatic hydroxyl groups excluding tert-OH is 1. The number of fused-ring (bicyclic) bond motifs is 1. The molecule has 1 aromatic carbocycles. The summed E-state index contributed by atoms with van der Waals surface area (Å²) >= 11 is 0. The van der Waals surface area contributed by atoms with Gasteiger partial charge >= 0.3 is 6.09 Å². The van der Waals surface area contributed by atoms with Gasteiger partial charge < -0.3 is 29.1 Å². The largest absolute Gasteiger partial charge is 0.474 e. The van der Waals surface area contributed by atoms with Crippen molar-refractivity contribution in [3.63, 3.8) is 0 Å². The first kappa shape index (κ1) is 25.8. The number of carbonyl (C=O) groups excluding carboxylic acids is 3. The van der Waals surface area contributed by atoms with E-state index in [2.05, 4.69) is 4.98 Å². The zero-order valence-electron chi connectivity index (χ0n) is 20.4. The number of pyridine rings is 1. The Morgan fingerprint density at radius 2 is 1.94 bits per heavy atom. The van der Waals surface area contributed by atoms with Gasteiger partial charge in [-0.1, -0.05) is 24.3 Å². The number of ketones is 1. The fraction of sp³-hybridized carbons (Fsp3) is 0.462. The number of hydrogen-bond acceptors (Lipinski definition) is 8. The second-order valence-electron chi connectivity index (χ2n) is 9.19. The molecular weight excluding hydrogens is 461 g/mol. The van der Waals surface area contributed by atoms with Gasteiger partial charge in [0.15, 0.2) is 5.78 Å². The maximum Gasteiger partial charge on any atom is 0.409 e. The number of aromatic nitrogens is 1. The molecule has 1 fully saturated rings. The van der Waals surface area contributed by atoms with Crippen LogP contribution in [-0.2, 0) is 22.5 Å². The molecule has 1 aromatic heterocycles. The van der Waals surface area contributed by atoms with Crippen molar-refractivity contribution < 1.29 is 29.0 Å². The number of rotatable bonds is 9. The zero-order chi connectivity index (χ0) is 25.5. The number of methoxy groups -OCH3 is 1. The van der Waals surface area contributed by atoms with Crippen molar-refractivity contribution in [2.75, 3.05) is 20.2 Å². The Morgan fingerprint density at radius 1 is 1.19 bits per heavy atom. The molecule has 0 unspecified atom stereocenters.